The first kappa shape index (κ1) is 20.7. The molecule has 158 valence electrons. The van der Waals surface area contributed by atoms with Crippen LogP contribution in [-0.4, -0.2) is 30.4 Å². The van der Waals surface area contributed by atoms with Crippen LogP contribution in [0.1, 0.15) is 23.6 Å². The average Bonchev–Trinajstić information content (AvgIpc) is 2.79. The number of nitrogens with one attached hydrogen (secondary N) is 1. The molecule has 3 aromatic rings. The minimum atomic E-state index is -0.948. The van der Waals surface area contributed by atoms with E-state index in [0.29, 0.717) is 19.6 Å². The summed E-state index contributed by atoms with van der Waals surface area (Å²) >= 11 is 0. The number of benzene rings is 3. The lowest BCUT2D eigenvalue weighted by atomic mass is 9.91. The van der Waals surface area contributed by atoms with Gasteiger partial charge in [0.15, 0.2) is 6.10 Å². The first-order valence-corrected chi connectivity index (χ1v) is 10.4. The predicted octanol–water partition coefficient (Wildman–Crippen LogP) is 5.29. The lowest BCUT2D eigenvalue weighted by molar-refractivity contribution is -0.149. The van der Waals surface area contributed by atoms with E-state index in [9.17, 15) is 9.90 Å². The highest BCUT2D eigenvalue weighted by Gasteiger charge is 2.19. The number of hydrogen-bond acceptors (Lipinski definition) is 4. The molecular formula is C26H25NO4. The third-order valence-electron chi connectivity index (χ3n) is 5.23. The number of fused-ring (bicyclic) bond motifs is 2. The lowest BCUT2D eigenvalue weighted by Gasteiger charge is -2.24. The van der Waals surface area contributed by atoms with E-state index >= 15 is 0 Å². The van der Waals surface area contributed by atoms with Gasteiger partial charge in [0.2, 0.25) is 0 Å². The van der Waals surface area contributed by atoms with Gasteiger partial charge in [-0.05, 0) is 48.4 Å². The van der Waals surface area contributed by atoms with Crippen LogP contribution in [0.3, 0.4) is 0 Å². The van der Waals surface area contributed by atoms with Crippen molar-refractivity contribution in [1.29, 1.82) is 0 Å². The topological polar surface area (TPSA) is 67.8 Å². The number of rotatable bonds is 8. The summed E-state index contributed by atoms with van der Waals surface area (Å²) in [5.74, 6) is -0.212. The molecule has 1 heterocycles. The monoisotopic (exact) mass is 415 g/mol. The third-order valence-corrected chi connectivity index (χ3v) is 5.23. The van der Waals surface area contributed by atoms with Crippen LogP contribution in [0, 0.1) is 0 Å². The zero-order valence-corrected chi connectivity index (χ0v) is 17.4. The summed E-state index contributed by atoms with van der Waals surface area (Å²) in [6, 6.07) is 24.0. The number of anilines is 2. The minimum absolute atomic E-state index is 0.327. The highest BCUT2D eigenvalue weighted by Crippen LogP contribution is 2.40. The maximum atomic E-state index is 11.3. The van der Waals surface area contributed by atoms with Crippen molar-refractivity contribution in [2.45, 2.75) is 19.4 Å². The molecule has 4 rings (SSSR count). The molecule has 0 radical (unpaired) electrons. The van der Waals surface area contributed by atoms with Crippen molar-refractivity contribution < 1.29 is 19.4 Å². The second-order valence-corrected chi connectivity index (χ2v) is 7.28. The van der Waals surface area contributed by atoms with Gasteiger partial charge in [0.25, 0.3) is 0 Å². The third kappa shape index (κ3) is 4.78. The van der Waals surface area contributed by atoms with Gasteiger partial charge in [0, 0.05) is 35.5 Å². The first-order chi connectivity index (χ1) is 15.2. The molecule has 0 aromatic heterocycles. The van der Waals surface area contributed by atoms with Crippen LogP contribution in [0.4, 0.5) is 11.4 Å². The summed E-state index contributed by atoms with van der Waals surface area (Å²) in [4.78, 5) is 11.3. The molecule has 0 fully saturated rings. The maximum absolute atomic E-state index is 11.3. The van der Waals surface area contributed by atoms with E-state index in [-0.39, 0.29) is 0 Å². The van der Waals surface area contributed by atoms with Gasteiger partial charge in [-0.15, -0.1) is 0 Å². The van der Waals surface area contributed by atoms with Crippen molar-refractivity contribution in [2.24, 2.45) is 0 Å². The van der Waals surface area contributed by atoms with Crippen LogP contribution < -0.4 is 10.1 Å². The Hall–Kier alpha value is -3.57. The van der Waals surface area contributed by atoms with Crippen LogP contribution in [0.5, 0.6) is 5.75 Å². The summed E-state index contributed by atoms with van der Waals surface area (Å²) in [7, 11) is 0. The molecule has 5 nitrogen and oxygen atoms in total. The Labute approximate surface area is 182 Å². The fourth-order valence-electron chi connectivity index (χ4n) is 3.74. The minimum Gasteiger partial charge on any atom is -0.490 e. The molecule has 0 aliphatic carbocycles. The van der Waals surface area contributed by atoms with Crippen molar-refractivity contribution in [3.8, 4) is 5.75 Å². The molecule has 1 unspecified atom stereocenters. The fourth-order valence-corrected chi connectivity index (χ4v) is 3.74. The van der Waals surface area contributed by atoms with E-state index in [1.807, 2.05) is 48.5 Å². The molecule has 31 heavy (non-hydrogen) atoms. The number of hydrogen-bond donors (Lipinski definition) is 2. The second-order valence-electron chi connectivity index (χ2n) is 7.28. The van der Waals surface area contributed by atoms with Gasteiger partial charge >= 0.3 is 5.97 Å². The smallest absolute Gasteiger partial charge is 0.333 e. The number of carboxylic acids is 1. The molecule has 0 spiro atoms. The van der Waals surface area contributed by atoms with Crippen LogP contribution in [0.25, 0.3) is 5.57 Å². The molecule has 0 saturated carbocycles. The molecular weight excluding hydrogens is 390 g/mol. The van der Waals surface area contributed by atoms with Crippen molar-refractivity contribution in [3.05, 3.63) is 95.6 Å². The number of para-hydroxylation sites is 2. The van der Waals surface area contributed by atoms with Crippen molar-refractivity contribution in [2.75, 3.05) is 18.5 Å². The van der Waals surface area contributed by atoms with Crippen LogP contribution in [0.2, 0.25) is 0 Å². The molecule has 0 bridgehead atoms. The zero-order chi connectivity index (χ0) is 21.6. The predicted molar refractivity (Wildman–Crippen MR) is 122 cm³/mol. The summed E-state index contributed by atoms with van der Waals surface area (Å²) in [5.41, 5.74) is 6.50. The standard InChI is InChI=1S/C26H25NO4/c1-2-30-25(26(28)29)17-18-11-13-19(14-12-18)31-16-15-20-21-7-3-5-9-23(21)27-24-10-6-4-8-22(20)24/h3-15,25,27H,2,16-17H2,1H3,(H,28,29). The molecule has 3 aromatic carbocycles. The molecule has 1 aliphatic heterocycles. The Bertz CT molecular complexity index is 1040. The van der Waals surface area contributed by atoms with Crippen LogP contribution in [-0.2, 0) is 16.0 Å². The van der Waals surface area contributed by atoms with E-state index in [0.717, 1.165) is 39.4 Å². The normalized spacial score (nSPS) is 12.9. The van der Waals surface area contributed by atoms with E-state index in [2.05, 4.69) is 35.7 Å². The largest absolute Gasteiger partial charge is 0.490 e. The average molecular weight is 415 g/mol. The van der Waals surface area contributed by atoms with Gasteiger partial charge < -0.3 is 19.9 Å². The van der Waals surface area contributed by atoms with E-state index < -0.39 is 12.1 Å². The quantitative estimate of drug-likeness (QED) is 0.409. The molecule has 1 atom stereocenters. The first-order valence-electron chi connectivity index (χ1n) is 10.4. The van der Waals surface area contributed by atoms with Crippen LogP contribution >= 0.6 is 0 Å². The van der Waals surface area contributed by atoms with Crippen LogP contribution in [0.15, 0.2) is 78.9 Å². The number of ether oxygens (including phenoxy) is 2. The number of carbonyl (C=O) groups is 1. The van der Waals surface area contributed by atoms with E-state index in [4.69, 9.17) is 9.47 Å². The Morgan fingerprint density at radius 1 is 0.968 bits per heavy atom. The summed E-state index contributed by atoms with van der Waals surface area (Å²) < 4.78 is 11.2. The van der Waals surface area contributed by atoms with E-state index in [1.54, 1.807) is 6.92 Å². The van der Waals surface area contributed by atoms with E-state index in [1.165, 1.54) is 0 Å². The maximum Gasteiger partial charge on any atom is 0.333 e. The number of carboxylic acid groups (broad SMARTS) is 1. The Kier molecular flexibility index (Phi) is 6.34. The zero-order valence-electron chi connectivity index (χ0n) is 17.4. The van der Waals surface area contributed by atoms with Gasteiger partial charge in [-0.25, -0.2) is 4.79 Å². The molecule has 0 saturated heterocycles. The fraction of sp³-hybridized carbons (Fsp3) is 0.192. The van der Waals surface area contributed by atoms with Gasteiger partial charge in [-0.2, -0.15) is 0 Å². The van der Waals surface area contributed by atoms with Gasteiger partial charge in [0.05, 0.1) is 0 Å². The molecule has 5 heteroatoms. The SMILES string of the molecule is CCOC(Cc1ccc(OCC=C2c3ccccc3Nc3ccccc32)cc1)C(=O)O. The second kappa shape index (κ2) is 9.49. The van der Waals surface area contributed by atoms with Gasteiger partial charge in [-0.1, -0.05) is 48.5 Å². The Morgan fingerprint density at radius 2 is 1.58 bits per heavy atom. The molecule has 1 aliphatic rings. The molecule has 2 N–H and O–H groups in total. The lowest BCUT2D eigenvalue weighted by Crippen LogP contribution is -2.26. The Balaban J connectivity index is 1.46. The summed E-state index contributed by atoms with van der Waals surface area (Å²) in [6.45, 7) is 2.59. The van der Waals surface area contributed by atoms with Crippen molar-refractivity contribution in [1.82, 2.24) is 0 Å². The molecule has 0 amide bonds. The van der Waals surface area contributed by atoms with Gasteiger partial charge in [-0.3, -0.25) is 0 Å². The van der Waals surface area contributed by atoms with Crippen molar-refractivity contribution in [3.63, 3.8) is 0 Å². The highest BCUT2D eigenvalue weighted by molar-refractivity contribution is 5.96. The Morgan fingerprint density at radius 3 is 2.16 bits per heavy atom. The number of aliphatic carboxylic acids is 1. The summed E-state index contributed by atoms with van der Waals surface area (Å²) in [6.07, 6.45) is 1.59. The summed E-state index contributed by atoms with van der Waals surface area (Å²) in [5, 5.41) is 12.7. The van der Waals surface area contributed by atoms with Crippen molar-refractivity contribution >= 4 is 22.9 Å². The van der Waals surface area contributed by atoms with Gasteiger partial charge in [0.1, 0.15) is 12.4 Å². The highest BCUT2D eigenvalue weighted by atomic mass is 16.5.